The van der Waals surface area contributed by atoms with E-state index < -0.39 is 29.0 Å². The number of hydrogen-bond donors (Lipinski definition) is 1. The molecule has 108 valence electrons. The average molecular weight is 316 g/mol. The molecule has 0 spiro atoms. The van der Waals surface area contributed by atoms with E-state index in [4.69, 9.17) is 17.3 Å². The predicted octanol–water partition coefficient (Wildman–Crippen LogP) is 3.82. The second kappa shape index (κ2) is 4.63. The van der Waals surface area contributed by atoms with Gasteiger partial charge < -0.3 is 5.73 Å². The van der Waals surface area contributed by atoms with Gasteiger partial charge in [0.1, 0.15) is 11.6 Å². The molecular formula is C13H6ClF4N3. The predicted molar refractivity (Wildman–Crippen MR) is 70.3 cm³/mol. The van der Waals surface area contributed by atoms with Gasteiger partial charge in [-0.15, -0.1) is 0 Å². The molecule has 1 heterocycles. The number of hydrogen-bond acceptors (Lipinski definition) is 2. The van der Waals surface area contributed by atoms with Crippen molar-refractivity contribution in [1.29, 1.82) is 0 Å². The van der Waals surface area contributed by atoms with Gasteiger partial charge in [0.05, 0.1) is 21.7 Å². The Morgan fingerprint density at radius 2 is 1.71 bits per heavy atom. The maximum atomic E-state index is 13.9. The summed E-state index contributed by atoms with van der Waals surface area (Å²) in [7, 11) is 0. The minimum atomic E-state index is -1.39. The van der Waals surface area contributed by atoms with Gasteiger partial charge in [-0.1, -0.05) is 11.6 Å². The zero-order valence-corrected chi connectivity index (χ0v) is 10.9. The van der Waals surface area contributed by atoms with Crippen LogP contribution in [0.15, 0.2) is 24.3 Å². The van der Waals surface area contributed by atoms with Crippen LogP contribution in [-0.4, -0.2) is 9.55 Å². The quantitative estimate of drug-likeness (QED) is 0.548. The van der Waals surface area contributed by atoms with Crippen LogP contribution in [0.5, 0.6) is 0 Å². The molecule has 0 radical (unpaired) electrons. The Bertz CT molecular complexity index is 876. The molecule has 0 saturated heterocycles. The van der Waals surface area contributed by atoms with E-state index in [1.165, 1.54) is 6.07 Å². The smallest absolute Gasteiger partial charge is 0.206 e. The Kier molecular flexibility index (Phi) is 3.02. The van der Waals surface area contributed by atoms with Crippen molar-refractivity contribution in [3.63, 3.8) is 0 Å². The van der Waals surface area contributed by atoms with E-state index in [1.807, 2.05) is 0 Å². The van der Waals surface area contributed by atoms with Crippen molar-refractivity contribution in [1.82, 2.24) is 9.55 Å². The van der Waals surface area contributed by atoms with Crippen LogP contribution in [0.1, 0.15) is 0 Å². The second-order valence-electron chi connectivity index (χ2n) is 4.28. The van der Waals surface area contributed by atoms with Crippen molar-refractivity contribution in [3.8, 4) is 5.69 Å². The van der Waals surface area contributed by atoms with E-state index in [9.17, 15) is 17.6 Å². The lowest BCUT2D eigenvalue weighted by Crippen LogP contribution is -2.05. The van der Waals surface area contributed by atoms with Gasteiger partial charge in [-0.25, -0.2) is 22.5 Å². The van der Waals surface area contributed by atoms with E-state index in [0.29, 0.717) is 6.07 Å². The highest BCUT2D eigenvalue weighted by Crippen LogP contribution is 2.29. The Balaban J connectivity index is 2.40. The van der Waals surface area contributed by atoms with Crippen LogP contribution >= 0.6 is 11.6 Å². The number of fused-ring (bicyclic) bond motifs is 1. The zero-order chi connectivity index (χ0) is 15.3. The number of nitrogen functional groups attached to an aromatic ring is 1. The number of anilines is 1. The Labute approximate surface area is 120 Å². The first-order valence-electron chi connectivity index (χ1n) is 5.66. The molecule has 0 aliphatic rings. The van der Waals surface area contributed by atoms with Crippen molar-refractivity contribution in [3.05, 3.63) is 52.6 Å². The fourth-order valence-electron chi connectivity index (χ4n) is 2.05. The second-order valence-corrected chi connectivity index (χ2v) is 4.69. The minimum Gasteiger partial charge on any atom is -0.369 e. The molecule has 0 atom stereocenters. The van der Waals surface area contributed by atoms with Gasteiger partial charge in [0.2, 0.25) is 5.95 Å². The molecule has 0 unspecified atom stereocenters. The molecule has 8 heteroatoms. The van der Waals surface area contributed by atoms with Gasteiger partial charge in [0, 0.05) is 18.2 Å². The first kappa shape index (κ1) is 13.7. The molecular weight excluding hydrogens is 310 g/mol. The molecule has 1 aromatic heterocycles. The molecule has 0 aliphatic carbocycles. The fourth-order valence-corrected chi connectivity index (χ4v) is 2.21. The van der Waals surface area contributed by atoms with Gasteiger partial charge >= 0.3 is 0 Å². The molecule has 2 N–H and O–H groups in total. The van der Waals surface area contributed by atoms with E-state index in [0.717, 1.165) is 16.7 Å². The van der Waals surface area contributed by atoms with Crippen molar-refractivity contribution >= 4 is 28.6 Å². The van der Waals surface area contributed by atoms with Crippen molar-refractivity contribution < 1.29 is 17.6 Å². The molecule has 0 fully saturated rings. The van der Waals surface area contributed by atoms with Gasteiger partial charge in [0.15, 0.2) is 11.6 Å². The summed E-state index contributed by atoms with van der Waals surface area (Å²) in [5.41, 5.74) is 5.33. The van der Waals surface area contributed by atoms with Crippen molar-refractivity contribution in [2.24, 2.45) is 0 Å². The van der Waals surface area contributed by atoms with Crippen LogP contribution in [0.4, 0.5) is 23.5 Å². The normalized spacial score (nSPS) is 11.3. The third kappa shape index (κ3) is 2.09. The largest absolute Gasteiger partial charge is 0.369 e. The summed E-state index contributed by atoms with van der Waals surface area (Å²) in [6, 6.07) is 3.28. The van der Waals surface area contributed by atoms with E-state index in [1.54, 1.807) is 0 Å². The van der Waals surface area contributed by atoms with Crippen LogP contribution in [-0.2, 0) is 0 Å². The summed E-state index contributed by atoms with van der Waals surface area (Å²) >= 11 is 5.62. The average Bonchev–Trinajstić information content (AvgIpc) is 2.70. The standard InChI is InChI=1S/C13H6ClF4N3/c14-6-3-9-10(4-7(6)16)21(13(19)20-9)11-2-5(15)1-8(17)12(11)18/h1-4H,(H2,19,20). The maximum Gasteiger partial charge on any atom is 0.206 e. The molecule has 0 saturated carbocycles. The molecule has 3 aromatic rings. The number of nitrogens with two attached hydrogens (primary N) is 1. The molecule has 2 aromatic carbocycles. The first-order chi connectivity index (χ1) is 9.88. The Morgan fingerprint density at radius 3 is 2.43 bits per heavy atom. The molecule has 3 rings (SSSR count). The van der Waals surface area contributed by atoms with E-state index in [2.05, 4.69) is 4.98 Å². The van der Waals surface area contributed by atoms with Crippen LogP contribution in [0.25, 0.3) is 16.7 Å². The summed E-state index contributed by atoms with van der Waals surface area (Å²) < 4.78 is 55.0. The minimum absolute atomic E-state index is 0.0401. The molecule has 0 aliphatic heterocycles. The summed E-state index contributed by atoms with van der Waals surface area (Å²) in [6.07, 6.45) is 0. The fraction of sp³-hybridized carbons (Fsp3) is 0. The monoisotopic (exact) mass is 315 g/mol. The highest BCUT2D eigenvalue weighted by molar-refractivity contribution is 6.31. The van der Waals surface area contributed by atoms with Gasteiger partial charge in [0.25, 0.3) is 0 Å². The lowest BCUT2D eigenvalue weighted by molar-refractivity contribution is 0.491. The van der Waals surface area contributed by atoms with Gasteiger partial charge in [-0.3, -0.25) is 4.57 Å². The topological polar surface area (TPSA) is 43.8 Å². The van der Waals surface area contributed by atoms with E-state index >= 15 is 0 Å². The van der Waals surface area contributed by atoms with Crippen LogP contribution in [0.3, 0.4) is 0 Å². The Morgan fingerprint density at radius 1 is 1.00 bits per heavy atom. The maximum absolute atomic E-state index is 13.9. The third-order valence-corrected chi connectivity index (χ3v) is 3.23. The van der Waals surface area contributed by atoms with Crippen LogP contribution in [0, 0.1) is 23.3 Å². The number of nitrogens with zero attached hydrogens (tertiary/aromatic N) is 2. The highest BCUT2D eigenvalue weighted by atomic mass is 35.5. The van der Waals surface area contributed by atoms with Crippen LogP contribution in [0.2, 0.25) is 5.02 Å². The summed E-state index contributed by atoms with van der Waals surface area (Å²) in [6.45, 7) is 0. The summed E-state index contributed by atoms with van der Waals surface area (Å²) in [5, 5.41) is -0.196. The summed E-state index contributed by atoms with van der Waals surface area (Å²) in [5.74, 6) is -4.75. The van der Waals surface area contributed by atoms with Gasteiger partial charge in [-0.05, 0) is 6.07 Å². The number of benzene rings is 2. The van der Waals surface area contributed by atoms with Gasteiger partial charge in [-0.2, -0.15) is 0 Å². The lowest BCUT2D eigenvalue weighted by Gasteiger charge is -2.09. The lowest BCUT2D eigenvalue weighted by atomic mass is 10.2. The highest BCUT2D eigenvalue weighted by Gasteiger charge is 2.19. The number of aromatic nitrogens is 2. The van der Waals surface area contributed by atoms with E-state index in [-0.39, 0.29) is 22.0 Å². The number of rotatable bonds is 1. The van der Waals surface area contributed by atoms with Crippen molar-refractivity contribution in [2.75, 3.05) is 5.73 Å². The molecule has 3 nitrogen and oxygen atoms in total. The van der Waals surface area contributed by atoms with Crippen LogP contribution < -0.4 is 5.73 Å². The molecule has 21 heavy (non-hydrogen) atoms. The number of halogens is 5. The SMILES string of the molecule is Nc1nc2cc(Cl)c(F)cc2n1-c1cc(F)cc(F)c1F. The molecule has 0 bridgehead atoms. The van der Waals surface area contributed by atoms with Crippen molar-refractivity contribution in [2.45, 2.75) is 0 Å². The molecule has 0 amide bonds. The first-order valence-corrected chi connectivity index (χ1v) is 6.04. The zero-order valence-electron chi connectivity index (χ0n) is 10.2. The number of imidazole rings is 1. The Hall–Kier alpha value is -2.28. The third-order valence-electron chi connectivity index (χ3n) is 2.94. The summed E-state index contributed by atoms with van der Waals surface area (Å²) in [4.78, 5) is 3.87.